The number of nitrogens with one attached hydrogen (secondary N) is 1. The van der Waals surface area contributed by atoms with Gasteiger partial charge in [0.1, 0.15) is 0 Å². The molecule has 1 N–H and O–H groups in total. The van der Waals surface area contributed by atoms with Gasteiger partial charge in [0, 0.05) is 18.0 Å². The van der Waals surface area contributed by atoms with Crippen LogP contribution >= 0.6 is 0 Å². The highest BCUT2D eigenvalue weighted by atomic mass is 19.3. The van der Waals surface area contributed by atoms with Crippen molar-refractivity contribution in [2.45, 2.75) is 19.3 Å². The molecule has 78 valence electrons. The number of hydrogen-bond donors (Lipinski definition) is 1. The molecule has 0 radical (unpaired) electrons. The highest BCUT2D eigenvalue weighted by Gasteiger charge is 2.30. The number of halogens is 2. The fraction of sp³-hybridized carbons (Fsp3) is 0.500. The van der Waals surface area contributed by atoms with Crippen molar-refractivity contribution >= 4 is 0 Å². The van der Waals surface area contributed by atoms with E-state index in [0.717, 1.165) is 6.42 Å². The Balaban J connectivity index is 2.56. The van der Waals surface area contributed by atoms with Crippen molar-refractivity contribution in [3.8, 4) is 0 Å². The van der Waals surface area contributed by atoms with Gasteiger partial charge in [-0.1, -0.05) is 6.92 Å². The van der Waals surface area contributed by atoms with Gasteiger partial charge in [0.05, 0.1) is 6.54 Å². The molecule has 0 aliphatic carbocycles. The van der Waals surface area contributed by atoms with E-state index in [1.54, 1.807) is 0 Å². The lowest BCUT2D eigenvalue weighted by Crippen LogP contribution is -2.31. The Labute approximate surface area is 82.4 Å². The smallest absolute Gasteiger partial charge is 0.285 e. The minimum Gasteiger partial charge on any atom is -0.311 e. The summed E-state index contributed by atoms with van der Waals surface area (Å²) in [5.74, 6) is -2.81. The van der Waals surface area contributed by atoms with Crippen molar-refractivity contribution in [3.63, 3.8) is 0 Å². The molecule has 14 heavy (non-hydrogen) atoms. The second kappa shape index (κ2) is 5.00. The Bertz CT molecular complexity index is 262. The van der Waals surface area contributed by atoms with E-state index in [9.17, 15) is 8.78 Å². The van der Waals surface area contributed by atoms with Crippen molar-refractivity contribution in [1.29, 1.82) is 0 Å². The minimum atomic E-state index is -2.81. The van der Waals surface area contributed by atoms with Crippen LogP contribution in [0.25, 0.3) is 0 Å². The van der Waals surface area contributed by atoms with Crippen LogP contribution in [0.3, 0.4) is 0 Å². The number of pyridine rings is 1. The Kier molecular flexibility index (Phi) is 3.95. The van der Waals surface area contributed by atoms with Gasteiger partial charge >= 0.3 is 0 Å². The van der Waals surface area contributed by atoms with Crippen molar-refractivity contribution < 1.29 is 8.78 Å². The molecule has 0 aliphatic rings. The van der Waals surface area contributed by atoms with Crippen molar-refractivity contribution in [2.24, 2.45) is 0 Å². The van der Waals surface area contributed by atoms with E-state index < -0.39 is 5.92 Å². The van der Waals surface area contributed by atoms with E-state index in [4.69, 9.17) is 0 Å². The molecule has 0 bridgehead atoms. The topological polar surface area (TPSA) is 24.9 Å². The molecule has 0 unspecified atom stereocenters. The van der Waals surface area contributed by atoms with Crippen LogP contribution in [0.4, 0.5) is 8.78 Å². The molecule has 1 aromatic heterocycles. The minimum absolute atomic E-state index is 0.0103. The van der Waals surface area contributed by atoms with Crippen LogP contribution in [-0.2, 0) is 5.92 Å². The van der Waals surface area contributed by atoms with Crippen LogP contribution in [0.1, 0.15) is 18.9 Å². The molecule has 0 saturated carbocycles. The largest absolute Gasteiger partial charge is 0.311 e. The average Bonchev–Trinajstić information content (AvgIpc) is 2.19. The zero-order chi connectivity index (χ0) is 10.4. The van der Waals surface area contributed by atoms with E-state index in [0.29, 0.717) is 6.54 Å². The van der Waals surface area contributed by atoms with Crippen LogP contribution in [0.2, 0.25) is 0 Å². The molecule has 1 rings (SSSR count). The summed E-state index contributed by atoms with van der Waals surface area (Å²) in [4.78, 5) is 3.70. The van der Waals surface area contributed by atoms with E-state index in [2.05, 4.69) is 10.3 Å². The van der Waals surface area contributed by atoms with E-state index in [-0.39, 0.29) is 12.1 Å². The van der Waals surface area contributed by atoms with Crippen molar-refractivity contribution in [1.82, 2.24) is 10.3 Å². The SMILES string of the molecule is CCCNCC(F)(F)c1ccncc1. The predicted molar refractivity (Wildman–Crippen MR) is 51.3 cm³/mol. The van der Waals surface area contributed by atoms with Gasteiger partial charge in [-0.3, -0.25) is 4.98 Å². The maximum atomic E-state index is 13.4. The first kappa shape index (κ1) is 11.0. The van der Waals surface area contributed by atoms with Gasteiger partial charge in [-0.25, -0.2) is 0 Å². The normalized spacial score (nSPS) is 11.6. The third-order valence-electron chi connectivity index (χ3n) is 1.88. The second-order valence-corrected chi connectivity index (χ2v) is 3.12. The Morgan fingerprint density at radius 1 is 1.36 bits per heavy atom. The lowest BCUT2D eigenvalue weighted by atomic mass is 10.1. The molecule has 0 aromatic carbocycles. The molecule has 0 amide bonds. The number of hydrogen-bond acceptors (Lipinski definition) is 2. The van der Waals surface area contributed by atoms with Crippen LogP contribution in [0, 0.1) is 0 Å². The average molecular weight is 200 g/mol. The quantitative estimate of drug-likeness (QED) is 0.737. The highest BCUT2D eigenvalue weighted by Crippen LogP contribution is 2.25. The molecule has 1 heterocycles. The summed E-state index contributed by atoms with van der Waals surface area (Å²) in [5, 5.41) is 2.70. The Morgan fingerprint density at radius 3 is 2.57 bits per heavy atom. The maximum absolute atomic E-state index is 13.4. The molecule has 0 aliphatic heterocycles. The van der Waals surface area contributed by atoms with Crippen LogP contribution in [0.15, 0.2) is 24.5 Å². The Morgan fingerprint density at radius 2 is 2.00 bits per heavy atom. The van der Waals surface area contributed by atoms with Gasteiger partial charge in [0.25, 0.3) is 5.92 Å². The zero-order valence-corrected chi connectivity index (χ0v) is 8.13. The highest BCUT2D eigenvalue weighted by molar-refractivity contribution is 5.16. The summed E-state index contributed by atoms with van der Waals surface area (Å²) < 4.78 is 26.8. The standard InChI is InChI=1S/C10H14F2N2/c1-2-5-14-8-10(11,12)9-3-6-13-7-4-9/h3-4,6-7,14H,2,5,8H2,1H3. The summed E-state index contributed by atoms with van der Waals surface area (Å²) in [6.45, 7) is 2.24. The first-order chi connectivity index (χ1) is 6.67. The van der Waals surface area contributed by atoms with Gasteiger partial charge in [-0.2, -0.15) is 8.78 Å². The monoisotopic (exact) mass is 200 g/mol. The third kappa shape index (κ3) is 3.03. The fourth-order valence-corrected chi connectivity index (χ4v) is 1.12. The molecule has 2 nitrogen and oxygen atoms in total. The lowest BCUT2D eigenvalue weighted by molar-refractivity contribution is -0.00299. The molecule has 0 fully saturated rings. The number of aromatic nitrogens is 1. The molecule has 0 saturated heterocycles. The molecular formula is C10H14F2N2. The number of alkyl halides is 2. The summed E-state index contributed by atoms with van der Waals surface area (Å²) in [6.07, 6.45) is 3.61. The van der Waals surface area contributed by atoms with E-state index in [1.165, 1.54) is 24.5 Å². The van der Waals surface area contributed by atoms with E-state index >= 15 is 0 Å². The zero-order valence-electron chi connectivity index (χ0n) is 8.13. The van der Waals surface area contributed by atoms with Crippen LogP contribution in [0.5, 0.6) is 0 Å². The summed E-state index contributed by atoms with van der Waals surface area (Å²) >= 11 is 0. The van der Waals surface area contributed by atoms with Crippen molar-refractivity contribution in [3.05, 3.63) is 30.1 Å². The number of nitrogens with zero attached hydrogens (tertiary/aromatic N) is 1. The van der Waals surface area contributed by atoms with Gasteiger partial charge in [-0.05, 0) is 25.1 Å². The van der Waals surface area contributed by atoms with Gasteiger partial charge in [0.2, 0.25) is 0 Å². The first-order valence-electron chi connectivity index (χ1n) is 4.66. The molecule has 0 spiro atoms. The maximum Gasteiger partial charge on any atom is 0.285 e. The Hall–Kier alpha value is -1.03. The van der Waals surface area contributed by atoms with Crippen LogP contribution < -0.4 is 5.32 Å². The van der Waals surface area contributed by atoms with E-state index in [1.807, 2.05) is 6.92 Å². The molecular weight excluding hydrogens is 186 g/mol. The molecule has 1 aromatic rings. The summed E-state index contributed by atoms with van der Waals surface area (Å²) in [6, 6.07) is 2.68. The van der Waals surface area contributed by atoms with Crippen LogP contribution in [-0.4, -0.2) is 18.1 Å². The number of rotatable bonds is 5. The lowest BCUT2D eigenvalue weighted by Gasteiger charge is -2.16. The van der Waals surface area contributed by atoms with Gasteiger partial charge < -0.3 is 5.32 Å². The molecule has 0 atom stereocenters. The first-order valence-corrected chi connectivity index (χ1v) is 4.66. The van der Waals surface area contributed by atoms with Gasteiger partial charge in [-0.15, -0.1) is 0 Å². The third-order valence-corrected chi connectivity index (χ3v) is 1.88. The van der Waals surface area contributed by atoms with Gasteiger partial charge in [0.15, 0.2) is 0 Å². The second-order valence-electron chi connectivity index (χ2n) is 3.12. The molecule has 4 heteroatoms. The summed E-state index contributed by atoms with van der Waals surface area (Å²) in [7, 11) is 0. The summed E-state index contributed by atoms with van der Waals surface area (Å²) in [5.41, 5.74) is 0.0103. The predicted octanol–water partition coefficient (Wildman–Crippen LogP) is 2.17. The fourth-order valence-electron chi connectivity index (χ4n) is 1.12. The van der Waals surface area contributed by atoms with Crippen molar-refractivity contribution in [2.75, 3.05) is 13.1 Å².